The maximum Gasteiger partial charge on any atom is 0.0250 e. The zero-order chi connectivity index (χ0) is 11.2. The number of hydrogen-bond donors (Lipinski definition) is 2. The van der Waals surface area contributed by atoms with Crippen LogP contribution in [0.2, 0.25) is 0 Å². The molecule has 3 N–H and O–H groups in total. The van der Waals surface area contributed by atoms with Gasteiger partial charge < -0.3 is 0 Å². The first-order valence-corrected chi connectivity index (χ1v) is 7.02. The number of allylic oxidation sites excluding steroid dienone is 1. The highest BCUT2D eigenvalue weighted by Gasteiger charge is 2.20. The van der Waals surface area contributed by atoms with Crippen molar-refractivity contribution in [3.8, 4) is 0 Å². The van der Waals surface area contributed by atoms with Crippen molar-refractivity contribution in [3.05, 3.63) is 11.6 Å². The predicted molar refractivity (Wildman–Crippen MR) is 68.9 cm³/mol. The second-order valence-corrected chi connectivity index (χ2v) is 5.56. The topological polar surface area (TPSA) is 38.0 Å². The second kappa shape index (κ2) is 6.41. The van der Waals surface area contributed by atoms with Gasteiger partial charge in [0.05, 0.1) is 0 Å². The van der Waals surface area contributed by atoms with Gasteiger partial charge in [-0.25, -0.2) is 0 Å². The van der Waals surface area contributed by atoms with Gasteiger partial charge in [-0.3, -0.25) is 11.3 Å². The van der Waals surface area contributed by atoms with Gasteiger partial charge in [-0.05, 0) is 44.4 Å². The predicted octanol–water partition coefficient (Wildman–Crippen LogP) is 3.29. The molecule has 0 saturated heterocycles. The van der Waals surface area contributed by atoms with Gasteiger partial charge in [0, 0.05) is 6.04 Å². The number of nitrogens with two attached hydrogens (primary N) is 1. The maximum absolute atomic E-state index is 5.69. The lowest BCUT2D eigenvalue weighted by molar-refractivity contribution is 0.384. The zero-order valence-electron chi connectivity index (χ0n) is 10.4. The summed E-state index contributed by atoms with van der Waals surface area (Å²) in [7, 11) is 0. The van der Waals surface area contributed by atoms with E-state index < -0.39 is 0 Å². The van der Waals surface area contributed by atoms with E-state index in [1.165, 1.54) is 64.2 Å². The van der Waals surface area contributed by atoms with Crippen LogP contribution in [0.25, 0.3) is 0 Å². The summed E-state index contributed by atoms with van der Waals surface area (Å²) in [4.78, 5) is 0. The van der Waals surface area contributed by atoms with Crippen molar-refractivity contribution in [1.29, 1.82) is 0 Å². The van der Waals surface area contributed by atoms with E-state index in [2.05, 4.69) is 11.5 Å². The van der Waals surface area contributed by atoms with E-state index in [1.807, 2.05) is 0 Å². The molecule has 0 aliphatic heterocycles. The van der Waals surface area contributed by atoms with Crippen LogP contribution in [0.3, 0.4) is 0 Å². The molecule has 1 unspecified atom stereocenters. The van der Waals surface area contributed by atoms with Gasteiger partial charge in [0.25, 0.3) is 0 Å². The summed E-state index contributed by atoms with van der Waals surface area (Å²) in [6.45, 7) is 0. The van der Waals surface area contributed by atoms with Gasteiger partial charge in [-0.1, -0.05) is 37.3 Å². The molecule has 0 spiro atoms. The molecule has 2 rings (SSSR count). The van der Waals surface area contributed by atoms with Crippen LogP contribution >= 0.6 is 0 Å². The smallest absolute Gasteiger partial charge is 0.0250 e. The quantitative estimate of drug-likeness (QED) is 0.425. The molecule has 16 heavy (non-hydrogen) atoms. The average molecular weight is 222 g/mol. The highest BCUT2D eigenvalue weighted by atomic mass is 15.2. The van der Waals surface area contributed by atoms with Crippen molar-refractivity contribution in [3.63, 3.8) is 0 Å². The van der Waals surface area contributed by atoms with E-state index in [1.54, 1.807) is 5.57 Å². The summed E-state index contributed by atoms with van der Waals surface area (Å²) >= 11 is 0. The van der Waals surface area contributed by atoms with Crippen LogP contribution in [-0.4, -0.2) is 6.04 Å². The highest BCUT2D eigenvalue weighted by Crippen LogP contribution is 2.30. The molecule has 0 heterocycles. The monoisotopic (exact) mass is 222 g/mol. The van der Waals surface area contributed by atoms with E-state index >= 15 is 0 Å². The molecule has 0 aromatic heterocycles. The standard InChI is InChI=1S/C14H26N2/c15-16-14(11-13-8-4-5-9-13)10-12-6-2-1-3-7-12/h6,13-14,16H,1-5,7-11,15H2. The van der Waals surface area contributed by atoms with Crippen molar-refractivity contribution >= 4 is 0 Å². The minimum Gasteiger partial charge on any atom is -0.271 e. The molecule has 2 aliphatic rings. The van der Waals surface area contributed by atoms with Gasteiger partial charge in [0.15, 0.2) is 0 Å². The Morgan fingerprint density at radius 3 is 2.69 bits per heavy atom. The molecule has 0 bridgehead atoms. The Kier molecular flexibility index (Phi) is 4.86. The molecule has 92 valence electrons. The second-order valence-electron chi connectivity index (χ2n) is 5.56. The number of rotatable bonds is 5. The average Bonchev–Trinajstić information content (AvgIpc) is 2.82. The third-order valence-electron chi connectivity index (χ3n) is 4.22. The SMILES string of the molecule is NNC(CC1=CCCCC1)CC1CCCC1. The lowest BCUT2D eigenvalue weighted by Crippen LogP contribution is -2.36. The number of hydrazine groups is 1. The zero-order valence-corrected chi connectivity index (χ0v) is 10.4. The molecule has 0 aromatic rings. The summed E-state index contributed by atoms with van der Waals surface area (Å²) in [6.07, 6.45) is 16.0. The van der Waals surface area contributed by atoms with E-state index in [9.17, 15) is 0 Å². The van der Waals surface area contributed by atoms with Crippen molar-refractivity contribution in [1.82, 2.24) is 5.43 Å². The maximum atomic E-state index is 5.69. The molecule has 2 nitrogen and oxygen atoms in total. The van der Waals surface area contributed by atoms with Gasteiger partial charge in [-0.2, -0.15) is 0 Å². The van der Waals surface area contributed by atoms with Crippen LogP contribution in [-0.2, 0) is 0 Å². The first-order valence-electron chi connectivity index (χ1n) is 7.02. The van der Waals surface area contributed by atoms with Crippen LogP contribution < -0.4 is 11.3 Å². The fourth-order valence-corrected chi connectivity index (χ4v) is 3.27. The van der Waals surface area contributed by atoms with Crippen LogP contribution in [0.15, 0.2) is 11.6 Å². The summed E-state index contributed by atoms with van der Waals surface area (Å²) in [5.74, 6) is 6.63. The summed E-state index contributed by atoms with van der Waals surface area (Å²) < 4.78 is 0. The van der Waals surface area contributed by atoms with Crippen LogP contribution in [0, 0.1) is 5.92 Å². The normalized spacial score (nSPS) is 24.4. The van der Waals surface area contributed by atoms with Gasteiger partial charge in [-0.15, -0.1) is 0 Å². The summed E-state index contributed by atoms with van der Waals surface area (Å²) in [6, 6.07) is 0.521. The highest BCUT2D eigenvalue weighted by molar-refractivity contribution is 5.07. The van der Waals surface area contributed by atoms with E-state index in [0.717, 1.165) is 5.92 Å². The van der Waals surface area contributed by atoms with Crippen molar-refractivity contribution < 1.29 is 0 Å². The number of hydrogen-bond acceptors (Lipinski definition) is 2. The van der Waals surface area contributed by atoms with Crippen molar-refractivity contribution in [2.24, 2.45) is 11.8 Å². The summed E-state index contributed by atoms with van der Waals surface area (Å²) in [5.41, 5.74) is 4.68. The molecule has 2 heteroatoms. The molecule has 0 radical (unpaired) electrons. The Morgan fingerprint density at radius 1 is 1.25 bits per heavy atom. The Morgan fingerprint density at radius 2 is 2.06 bits per heavy atom. The van der Waals surface area contributed by atoms with Crippen LogP contribution in [0.5, 0.6) is 0 Å². The largest absolute Gasteiger partial charge is 0.271 e. The molecule has 0 aromatic carbocycles. The minimum absolute atomic E-state index is 0.521. The lowest BCUT2D eigenvalue weighted by atomic mass is 9.90. The molecule has 1 saturated carbocycles. The van der Waals surface area contributed by atoms with E-state index in [4.69, 9.17) is 5.84 Å². The number of nitrogens with one attached hydrogen (secondary N) is 1. The van der Waals surface area contributed by atoms with Gasteiger partial charge in [0.2, 0.25) is 0 Å². The van der Waals surface area contributed by atoms with Crippen molar-refractivity contribution in [2.45, 2.75) is 70.3 Å². The third-order valence-corrected chi connectivity index (χ3v) is 4.22. The lowest BCUT2D eigenvalue weighted by Gasteiger charge is -2.22. The molecule has 1 fully saturated rings. The van der Waals surface area contributed by atoms with E-state index in [-0.39, 0.29) is 0 Å². The molecule has 0 amide bonds. The van der Waals surface area contributed by atoms with Gasteiger partial charge in [0.1, 0.15) is 0 Å². The van der Waals surface area contributed by atoms with Crippen molar-refractivity contribution in [2.75, 3.05) is 0 Å². The fraction of sp³-hybridized carbons (Fsp3) is 0.857. The first-order chi connectivity index (χ1) is 7.88. The Hall–Kier alpha value is -0.340. The Balaban J connectivity index is 1.77. The first kappa shape index (κ1) is 12.1. The van der Waals surface area contributed by atoms with Crippen LogP contribution in [0.4, 0.5) is 0 Å². The minimum atomic E-state index is 0.521. The Labute approximate surface area is 99.6 Å². The molecular weight excluding hydrogens is 196 g/mol. The third kappa shape index (κ3) is 3.60. The Bertz CT molecular complexity index is 229. The molecule has 1 atom stereocenters. The molecular formula is C14H26N2. The fourth-order valence-electron chi connectivity index (χ4n) is 3.27. The van der Waals surface area contributed by atoms with Gasteiger partial charge >= 0.3 is 0 Å². The van der Waals surface area contributed by atoms with Crippen LogP contribution in [0.1, 0.15) is 64.2 Å². The molecule has 2 aliphatic carbocycles. The van der Waals surface area contributed by atoms with E-state index in [0.29, 0.717) is 6.04 Å². The summed E-state index contributed by atoms with van der Waals surface area (Å²) in [5, 5.41) is 0.